The second-order valence-corrected chi connectivity index (χ2v) is 9.24. The fourth-order valence-electron chi connectivity index (χ4n) is 4.64. The Kier molecular flexibility index (Phi) is 8.34. The minimum absolute atomic E-state index is 0. The number of methoxy groups -OCH3 is 1. The molecule has 0 bridgehead atoms. The molecule has 4 N–H and O–H groups in total. The second-order valence-electron chi connectivity index (χ2n) is 9.24. The van der Waals surface area contributed by atoms with E-state index in [0.717, 1.165) is 12.1 Å². The van der Waals surface area contributed by atoms with Crippen LogP contribution in [0.3, 0.4) is 0 Å². The molecule has 1 unspecified atom stereocenters. The van der Waals surface area contributed by atoms with Crippen LogP contribution < -0.4 is 20.7 Å². The van der Waals surface area contributed by atoms with Crippen LogP contribution in [0.1, 0.15) is 29.3 Å². The van der Waals surface area contributed by atoms with Crippen molar-refractivity contribution in [3.8, 4) is 17.0 Å². The highest BCUT2D eigenvalue weighted by molar-refractivity contribution is 5.96. The molecule has 1 saturated heterocycles. The lowest BCUT2D eigenvalue weighted by Gasteiger charge is -2.22. The number of β-amino-alcohol motifs (C(OH)–C–C–N with tert-alkyl or cyclic N) is 1. The number of aromatic nitrogens is 3. The molecule has 5 rings (SSSR count). The average molecular weight is 559 g/mol. The Labute approximate surface area is 230 Å². The Hall–Kier alpha value is -3.80. The quantitative estimate of drug-likeness (QED) is 0.260. The maximum atomic E-state index is 14.8. The smallest absolute Gasteiger partial charge is 0.251 e. The molecule has 4 aromatic rings. The number of carbonyl (C=O) groups excluding carboxylic acids is 1. The summed E-state index contributed by atoms with van der Waals surface area (Å²) in [5.74, 6) is -2.13. The number of benzene rings is 2. The third-order valence-electron chi connectivity index (χ3n) is 6.76. The maximum Gasteiger partial charge on any atom is 0.251 e. The highest BCUT2D eigenvalue weighted by Gasteiger charge is 2.31. The molecule has 0 saturated carbocycles. The van der Waals surface area contributed by atoms with Gasteiger partial charge in [0.25, 0.3) is 5.91 Å². The standard InChI is InChI=1S/C27H28F2N6O3.ClH/c1-3-16-12-17(4-5-18(16)26(36)33-15-27(37)8-9-30-14-27)34-24-25-32-13-20(35(25)11-10-31-24)19-6-7-21(38-2)23(29)22(19)28;/h4-7,10-13,30,37H,3,8-9,14-15H2,1-2H3,(H,31,34)(H,33,36);1H. The molecule has 12 heteroatoms. The first-order valence-electron chi connectivity index (χ1n) is 12.3. The predicted octanol–water partition coefficient (Wildman–Crippen LogP) is 3.87. The van der Waals surface area contributed by atoms with Crippen molar-refractivity contribution < 1.29 is 23.4 Å². The van der Waals surface area contributed by atoms with Gasteiger partial charge >= 0.3 is 0 Å². The third kappa shape index (κ3) is 5.51. The topological polar surface area (TPSA) is 113 Å². The number of carbonyl (C=O) groups is 1. The zero-order valence-electron chi connectivity index (χ0n) is 21.4. The van der Waals surface area contributed by atoms with Gasteiger partial charge in [-0.15, -0.1) is 12.4 Å². The number of amides is 1. The van der Waals surface area contributed by atoms with Gasteiger partial charge < -0.3 is 25.8 Å². The minimum Gasteiger partial charge on any atom is -0.494 e. The zero-order chi connectivity index (χ0) is 26.9. The van der Waals surface area contributed by atoms with Gasteiger partial charge in [0, 0.05) is 42.3 Å². The first-order valence-corrected chi connectivity index (χ1v) is 12.3. The fraction of sp³-hybridized carbons (Fsp3) is 0.296. The number of halogens is 3. The van der Waals surface area contributed by atoms with Crippen molar-refractivity contribution in [3.05, 3.63) is 71.7 Å². The summed E-state index contributed by atoms with van der Waals surface area (Å²) in [4.78, 5) is 21.6. The lowest BCUT2D eigenvalue weighted by molar-refractivity contribution is 0.0561. The molecule has 2 aromatic heterocycles. The predicted molar refractivity (Wildman–Crippen MR) is 146 cm³/mol. The van der Waals surface area contributed by atoms with Crippen LogP contribution in [-0.4, -0.2) is 57.7 Å². The third-order valence-corrected chi connectivity index (χ3v) is 6.76. The average Bonchev–Trinajstić information content (AvgIpc) is 3.56. The van der Waals surface area contributed by atoms with Crippen LogP contribution in [0.25, 0.3) is 16.9 Å². The summed E-state index contributed by atoms with van der Waals surface area (Å²) in [7, 11) is 1.27. The van der Waals surface area contributed by atoms with E-state index in [4.69, 9.17) is 4.74 Å². The van der Waals surface area contributed by atoms with Gasteiger partial charge in [0.1, 0.15) is 0 Å². The van der Waals surface area contributed by atoms with Crippen molar-refractivity contribution in [3.63, 3.8) is 0 Å². The lowest BCUT2D eigenvalue weighted by atomic mass is 10.0. The van der Waals surface area contributed by atoms with Crippen LogP contribution in [0.2, 0.25) is 0 Å². The Balaban J connectivity index is 0.00000353. The molecule has 1 aliphatic heterocycles. The van der Waals surface area contributed by atoms with E-state index in [-0.39, 0.29) is 36.2 Å². The number of anilines is 2. The molecular formula is C27H29ClF2N6O3. The van der Waals surface area contributed by atoms with Gasteiger partial charge in [-0.25, -0.2) is 14.4 Å². The Morgan fingerprint density at radius 3 is 2.77 bits per heavy atom. The number of fused-ring (bicyclic) bond motifs is 1. The van der Waals surface area contributed by atoms with Crippen molar-refractivity contribution in [1.29, 1.82) is 0 Å². The molecule has 0 aliphatic carbocycles. The van der Waals surface area contributed by atoms with E-state index in [0.29, 0.717) is 47.8 Å². The number of nitrogens with one attached hydrogen (secondary N) is 3. The molecule has 2 aromatic carbocycles. The van der Waals surface area contributed by atoms with Crippen molar-refractivity contribution in [1.82, 2.24) is 25.0 Å². The van der Waals surface area contributed by atoms with Gasteiger partial charge in [0.05, 0.1) is 24.6 Å². The summed E-state index contributed by atoms with van der Waals surface area (Å²) in [6.45, 7) is 3.30. The van der Waals surface area contributed by atoms with Gasteiger partial charge in [0.2, 0.25) is 5.82 Å². The maximum absolute atomic E-state index is 14.8. The monoisotopic (exact) mass is 558 g/mol. The molecule has 1 atom stereocenters. The molecule has 9 nitrogen and oxygen atoms in total. The summed E-state index contributed by atoms with van der Waals surface area (Å²) in [6, 6.07) is 8.14. The van der Waals surface area contributed by atoms with Gasteiger partial charge in [0.15, 0.2) is 23.0 Å². The number of hydrogen-bond donors (Lipinski definition) is 4. The highest BCUT2D eigenvalue weighted by atomic mass is 35.5. The normalized spacial score (nSPS) is 16.6. The largest absolute Gasteiger partial charge is 0.494 e. The number of aliphatic hydroxyl groups is 1. The number of ether oxygens (including phenoxy) is 1. The SMILES string of the molecule is CCc1cc(Nc2nccn3c(-c4ccc(OC)c(F)c4F)cnc23)ccc1C(=O)NCC1(O)CCNC1.Cl. The van der Waals surface area contributed by atoms with E-state index in [2.05, 4.69) is 25.9 Å². The minimum atomic E-state index is -1.07. The first kappa shape index (κ1) is 28.2. The number of imidazole rings is 1. The van der Waals surface area contributed by atoms with Crippen LogP contribution >= 0.6 is 12.4 Å². The second kappa shape index (κ2) is 11.5. The molecule has 0 radical (unpaired) electrons. The highest BCUT2D eigenvalue weighted by Crippen LogP contribution is 2.31. The van der Waals surface area contributed by atoms with Crippen molar-refractivity contribution in [2.24, 2.45) is 0 Å². The van der Waals surface area contributed by atoms with Crippen molar-refractivity contribution in [2.75, 3.05) is 32.1 Å². The number of rotatable bonds is 8. The first-order chi connectivity index (χ1) is 18.3. The van der Waals surface area contributed by atoms with Crippen LogP contribution in [0, 0.1) is 11.6 Å². The van der Waals surface area contributed by atoms with E-state index in [9.17, 15) is 18.7 Å². The van der Waals surface area contributed by atoms with E-state index in [1.165, 1.54) is 31.6 Å². The van der Waals surface area contributed by atoms with Crippen LogP contribution in [0.5, 0.6) is 5.75 Å². The Morgan fingerprint density at radius 1 is 1.23 bits per heavy atom. The molecule has 206 valence electrons. The Morgan fingerprint density at radius 2 is 2.05 bits per heavy atom. The molecule has 0 spiro atoms. The van der Waals surface area contributed by atoms with Crippen LogP contribution in [0.15, 0.2) is 48.9 Å². The van der Waals surface area contributed by atoms with Gasteiger partial charge in [-0.1, -0.05) is 6.92 Å². The summed E-state index contributed by atoms with van der Waals surface area (Å²) in [6.07, 6.45) is 5.79. The van der Waals surface area contributed by atoms with Crippen LogP contribution in [-0.2, 0) is 6.42 Å². The number of aryl methyl sites for hydroxylation is 1. The summed E-state index contributed by atoms with van der Waals surface area (Å²) < 4.78 is 35.6. The Bertz CT molecular complexity index is 1510. The molecule has 39 heavy (non-hydrogen) atoms. The van der Waals surface area contributed by atoms with Gasteiger partial charge in [-0.2, -0.15) is 4.39 Å². The van der Waals surface area contributed by atoms with Crippen molar-refractivity contribution in [2.45, 2.75) is 25.4 Å². The molecular weight excluding hydrogens is 530 g/mol. The molecule has 3 heterocycles. The number of hydrogen-bond acceptors (Lipinski definition) is 7. The van der Waals surface area contributed by atoms with Gasteiger partial charge in [-0.05, 0) is 55.3 Å². The summed E-state index contributed by atoms with van der Waals surface area (Å²) in [5.41, 5.74) is 1.90. The molecule has 1 amide bonds. The van der Waals surface area contributed by atoms with E-state index >= 15 is 0 Å². The van der Waals surface area contributed by atoms with E-state index < -0.39 is 17.2 Å². The number of nitrogens with zero attached hydrogens (tertiary/aromatic N) is 3. The summed E-state index contributed by atoms with van der Waals surface area (Å²) in [5, 5.41) is 19.6. The van der Waals surface area contributed by atoms with E-state index in [1.54, 1.807) is 22.7 Å². The van der Waals surface area contributed by atoms with E-state index in [1.807, 2.05) is 13.0 Å². The van der Waals surface area contributed by atoms with Crippen LogP contribution in [0.4, 0.5) is 20.3 Å². The summed E-state index contributed by atoms with van der Waals surface area (Å²) >= 11 is 0. The molecule has 1 fully saturated rings. The zero-order valence-corrected chi connectivity index (χ0v) is 22.2. The fourth-order valence-corrected chi connectivity index (χ4v) is 4.64. The van der Waals surface area contributed by atoms with Crippen molar-refractivity contribution >= 4 is 35.5 Å². The van der Waals surface area contributed by atoms with Gasteiger partial charge in [-0.3, -0.25) is 9.20 Å². The molecule has 1 aliphatic rings. The lowest BCUT2D eigenvalue weighted by Crippen LogP contribution is -2.44.